The van der Waals surface area contributed by atoms with Gasteiger partial charge in [-0.15, -0.1) is 11.3 Å². The first-order valence-corrected chi connectivity index (χ1v) is 8.37. The highest BCUT2D eigenvalue weighted by atomic mass is 32.1. The van der Waals surface area contributed by atoms with Crippen LogP contribution in [0, 0.1) is 13.8 Å². The summed E-state index contributed by atoms with van der Waals surface area (Å²) in [6.07, 6.45) is 6.76. The van der Waals surface area contributed by atoms with Crippen molar-refractivity contribution in [1.82, 2.24) is 15.3 Å². The second kappa shape index (κ2) is 6.44. The van der Waals surface area contributed by atoms with Crippen LogP contribution in [-0.2, 0) is 6.42 Å². The monoisotopic (exact) mass is 316 g/mol. The highest BCUT2D eigenvalue weighted by Crippen LogP contribution is 2.34. The molecule has 3 rings (SSSR count). The molecule has 1 aliphatic rings. The molecule has 2 aromatic heterocycles. The van der Waals surface area contributed by atoms with Gasteiger partial charge in [0, 0.05) is 23.5 Å². The van der Waals surface area contributed by atoms with E-state index in [0.29, 0.717) is 12.5 Å². The molecule has 2 N–H and O–H groups in total. The molecule has 1 atom stereocenters. The highest BCUT2D eigenvalue weighted by Gasteiger charge is 2.24. The molecule has 2 heterocycles. The first-order valence-electron chi connectivity index (χ1n) is 7.55. The molecule has 0 saturated heterocycles. The third-order valence-electron chi connectivity index (χ3n) is 3.97. The van der Waals surface area contributed by atoms with Crippen LogP contribution >= 0.6 is 11.3 Å². The lowest BCUT2D eigenvalue weighted by molar-refractivity contribution is 0.251. The predicted molar refractivity (Wildman–Crippen MR) is 88.5 cm³/mol. The number of carbonyl (C=O) groups is 1. The van der Waals surface area contributed by atoms with E-state index in [1.54, 1.807) is 23.7 Å². The van der Waals surface area contributed by atoms with Crippen LogP contribution in [0.2, 0.25) is 0 Å². The zero-order valence-corrected chi connectivity index (χ0v) is 13.7. The molecule has 0 saturated carbocycles. The maximum atomic E-state index is 12.1. The Labute approximate surface area is 134 Å². The molecule has 2 amide bonds. The van der Waals surface area contributed by atoms with Crippen molar-refractivity contribution in [2.75, 3.05) is 11.9 Å². The van der Waals surface area contributed by atoms with Crippen molar-refractivity contribution in [3.05, 3.63) is 39.6 Å². The number of nitrogens with one attached hydrogen (secondary N) is 2. The summed E-state index contributed by atoms with van der Waals surface area (Å²) < 4.78 is 0. The topological polar surface area (TPSA) is 66.9 Å². The van der Waals surface area contributed by atoms with Crippen molar-refractivity contribution in [3.63, 3.8) is 0 Å². The maximum Gasteiger partial charge on any atom is 0.319 e. The van der Waals surface area contributed by atoms with Crippen LogP contribution in [0.25, 0.3) is 0 Å². The van der Waals surface area contributed by atoms with Gasteiger partial charge in [0.1, 0.15) is 0 Å². The van der Waals surface area contributed by atoms with Gasteiger partial charge in [-0.1, -0.05) is 0 Å². The van der Waals surface area contributed by atoms with Crippen LogP contribution in [0.15, 0.2) is 18.5 Å². The quantitative estimate of drug-likeness (QED) is 0.912. The number of amides is 2. The van der Waals surface area contributed by atoms with E-state index in [0.717, 1.165) is 29.1 Å². The van der Waals surface area contributed by atoms with Gasteiger partial charge in [0.05, 0.1) is 22.6 Å². The van der Waals surface area contributed by atoms with Gasteiger partial charge < -0.3 is 10.6 Å². The largest absolute Gasteiger partial charge is 0.337 e. The van der Waals surface area contributed by atoms with E-state index in [4.69, 9.17) is 0 Å². The number of hydrogen-bond donors (Lipinski definition) is 2. The summed E-state index contributed by atoms with van der Waals surface area (Å²) in [4.78, 5) is 22.1. The molecule has 0 bridgehead atoms. The van der Waals surface area contributed by atoms with Gasteiger partial charge in [0.25, 0.3) is 0 Å². The highest BCUT2D eigenvalue weighted by molar-refractivity contribution is 7.11. The number of fused-ring (bicyclic) bond motifs is 1. The van der Waals surface area contributed by atoms with Gasteiger partial charge in [0.15, 0.2) is 0 Å². The minimum absolute atomic E-state index is 0.185. The Kier molecular flexibility index (Phi) is 4.38. The van der Waals surface area contributed by atoms with Gasteiger partial charge in [0.2, 0.25) is 0 Å². The Bertz CT molecular complexity index is 683. The first-order chi connectivity index (χ1) is 10.6. The van der Waals surface area contributed by atoms with Crippen LogP contribution < -0.4 is 10.6 Å². The van der Waals surface area contributed by atoms with Crippen molar-refractivity contribution in [2.45, 2.75) is 39.0 Å². The lowest BCUT2D eigenvalue weighted by atomic mass is 9.91. The Morgan fingerprint density at radius 2 is 2.32 bits per heavy atom. The minimum Gasteiger partial charge on any atom is -0.337 e. The number of nitrogens with zero attached hydrogens (tertiary/aromatic N) is 2. The number of carbonyl (C=O) groups excluding carboxylic acids is 1. The molecular formula is C16H20N4OS. The van der Waals surface area contributed by atoms with E-state index < -0.39 is 0 Å². The average molecular weight is 316 g/mol. The first kappa shape index (κ1) is 15.0. The van der Waals surface area contributed by atoms with Crippen molar-refractivity contribution >= 4 is 23.1 Å². The molecule has 0 aliphatic heterocycles. The van der Waals surface area contributed by atoms with Crippen molar-refractivity contribution < 1.29 is 4.79 Å². The molecule has 0 radical (unpaired) electrons. The maximum absolute atomic E-state index is 12.1. The summed E-state index contributed by atoms with van der Waals surface area (Å²) in [5, 5.41) is 6.93. The summed E-state index contributed by atoms with van der Waals surface area (Å²) in [5.74, 6) is 0.328. The zero-order valence-electron chi connectivity index (χ0n) is 12.8. The molecule has 0 unspecified atom stereocenters. The van der Waals surface area contributed by atoms with E-state index in [-0.39, 0.29) is 6.03 Å². The molecular weight excluding hydrogens is 296 g/mol. The second-order valence-corrected chi connectivity index (χ2v) is 6.94. The van der Waals surface area contributed by atoms with E-state index in [2.05, 4.69) is 20.6 Å². The average Bonchev–Trinajstić information content (AvgIpc) is 2.88. The summed E-state index contributed by atoms with van der Waals surface area (Å²) in [5.41, 5.74) is 2.93. The summed E-state index contributed by atoms with van der Waals surface area (Å²) in [6, 6.07) is 1.69. The molecule has 0 aromatic carbocycles. The predicted octanol–water partition coefficient (Wildman–Crippen LogP) is 3.40. The van der Waals surface area contributed by atoms with Crippen molar-refractivity contribution in [3.8, 4) is 0 Å². The number of aryl methyl sites for hydroxylation is 3. The molecule has 2 aromatic rings. The minimum atomic E-state index is -0.185. The Morgan fingerprint density at radius 1 is 1.45 bits per heavy atom. The standard InChI is InChI=1S/C16H20N4OS/c1-10-6-7-17-9-13(10)20-16(21)18-8-12-4-3-5-14-15(12)19-11(2)22-14/h6-7,9,12H,3-5,8H2,1-2H3,(H2,18,20,21)/t12-/m1/s1. The molecule has 0 spiro atoms. The fraction of sp³-hybridized carbons (Fsp3) is 0.438. The summed E-state index contributed by atoms with van der Waals surface area (Å²) in [6.45, 7) is 4.62. The van der Waals surface area contributed by atoms with Gasteiger partial charge in [-0.25, -0.2) is 9.78 Å². The van der Waals surface area contributed by atoms with E-state index in [1.165, 1.54) is 17.0 Å². The van der Waals surface area contributed by atoms with Crippen LogP contribution in [0.4, 0.5) is 10.5 Å². The number of thiazole rings is 1. The number of anilines is 1. The van der Waals surface area contributed by atoms with Gasteiger partial charge in [-0.2, -0.15) is 0 Å². The van der Waals surface area contributed by atoms with Gasteiger partial charge in [-0.3, -0.25) is 4.98 Å². The van der Waals surface area contributed by atoms with Gasteiger partial charge in [-0.05, 0) is 44.7 Å². The number of rotatable bonds is 3. The lowest BCUT2D eigenvalue weighted by Gasteiger charge is -2.21. The normalized spacial score (nSPS) is 16.9. The fourth-order valence-corrected chi connectivity index (χ4v) is 3.87. The molecule has 6 heteroatoms. The third-order valence-corrected chi connectivity index (χ3v) is 5.02. The summed E-state index contributed by atoms with van der Waals surface area (Å²) >= 11 is 1.79. The fourth-order valence-electron chi connectivity index (χ4n) is 2.81. The summed E-state index contributed by atoms with van der Waals surface area (Å²) in [7, 11) is 0. The zero-order chi connectivity index (χ0) is 15.5. The van der Waals surface area contributed by atoms with Crippen LogP contribution in [0.5, 0.6) is 0 Å². The molecule has 22 heavy (non-hydrogen) atoms. The van der Waals surface area contributed by atoms with E-state index in [1.807, 2.05) is 19.9 Å². The van der Waals surface area contributed by atoms with Gasteiger partial charge >= 0.3 is 6.03 Å². The Balaban J connectivity index is 1.59. The smallest absolute Gasteiger partial charge is 0.319 e. The third kappa shape index (κ3) is 3.27. The van der Waals surface area contributed by atoms with Crippen LogP contribution in [0.1, 0.15) is 39.9 Å². The van der Waals surface area contributed by atoms with E-state index >= 15 is 0 Å². The van der Waals surface area contributed by atoms with E-state index in [9.17, 15) is 4.79 Å². The second-order valence-electron chi connectivity index (χ2n) is 5.66. The number of pyridine rings is 1. The molecule has 1 aliphatic carbocycles. The molecule has 0 fully saturated rings. The lowest BCUT2D eigenvalue weighted by Crippen LogP contribution is -2.33. The van der Waals surface area contributed by atoms with Crippen molar-refractivity contribution in [2.24, 2.45) is 0 Å². The number of aromatic nitrogens is 2. The molecule has 116 valence electrons. The SMILES string of the molecule is Cc1nc2c(s1)CCC[C@@H]2CNC(=O)Nc1cnccc1C. The number of urea groups is 1. The number of hydrogen-bond acceptors (Lipinski definition) is 4. The van der Waals surface area contributed by atoms with Crippen LogP contribution in [0.3, 0.4) is 0 Å². The van der Waals surface area contributed by atoms with Crippen molar-refractivity contribution in [1.29, 1.82) is 0 Å². The Hall–Kier alpha value is -1.95. The van der Waals surface area contributed by atoms with Crippen LogP contribution in [-0.4, -0.2) is 22.5 Å². The Morgan fingerprint density at radius 3 is 3.14 bits per heavy atom. The molecule has 5 nitrogen and oxygen atoms in total.